The molecule has 1 aromatic carbocycles. The van der Waals surface area contributed by atoms with Crippen LogP contribution >= 0.6 is 11.8 Å². The summed E-state index contributed by atoms with van der Waals surface area (Å²) in [6, 6.07) is 6.80. The molecule has 0 unspecified atom stereocenters. The molecule has 1 heterocycles. The number of amides is 2. The number of rotatable bonds is 7. The molecule has 0 atom stereocenters. The molecule has 0 saturated heterocycles. The third-order valence-corrected chi connectivity index (χ3v) is 4.07. The Balaban J connectivity index is 1.94. The van der Waals surface area contributed by atoms with Gasteiger partial charge in [-0.15, -0.1) is 10.2 Å². The summed E-state index contributed by atoms with van der Waals surface area (Å²) in [5.74, 6) is 0.753. The molecule has 2 aromatic rings. The van der Waals surface area contributed by atoms with E-state index < -0.39 is 5.91 Å². The van der Waals surface area contributed by atoms with Crippen molar-refractivity contribution in [3.05, 3.63) is 35.7 Å². The molecule has 1 aromatic heterocycles. The number of carbonyl (C=O) groups excluding carboxylic acids is 2. The molecule has 0 aliphatic heterocycles. The zero-order valence-corrected chi connectivity index (χ0v) is 13.6. The topological polar surface area (TPSA) is 112 Å². The number of benzene rings is 1. The number of carbonyl (C=O) groups is 2. The number of ether oxygens (including phenoxy) is 1. The number of nitrogens with two attached hydrogens (primary N) is 1. The molecule has 9 heteroatoms. The SMILES string of the molecule is COc1ccc(C(=O)NCc2nnc(SCC(N)=O)n2C)cc1. The molecule has 2 rings (SSSR count). The maximum absolute atomic E-state index is 12.1. The van der Waals surface area contributed by atoms with Crippen molar-refractivity contribution in [1.82, 2.24) is 20.1 Å². The van der Waals surface area contributed by atoms with E-state index in [-0.39, 0.29) is 18.2 Å². The predicted octanol–water partition coefficient (Wildman–Crippen LogP) is 0.331. The van der Waals surface area contributed by atoms with Crippen molar-refractivity contribution in [3.8, 4) is 5.75 Å². The van der Waals surface area contributed by atoms with E-state index in [1.807, 2.05) is 0 Å². The van der Waals surface area contributed by atoms with Gasteiger partial charge in [0.05, 0.1) is 19.4 Å². The molecule has 0 radical (unpaired) electrons. The summed E-state index contributed by atoms with van der Waals surface area (Å²) in [6.45, 7) is 0.228. The Hall–Kier alpha value is -2.55. The van der Waals surface area contributed by atoms with E-state index in [0.717, 1.165) is 0 Å². The molecule has 0 aliphatic carbocycles. The lowest BCUT2D eigenvalue weighted by Gasteiger charge is -2.06. The van der Waals surface area contributed by atoms with Crippen molar-refractivity contribution in [1.29, 1.82) is 0 Å². The smallest absolute Gasteiger partial charge is 0.251 e. The minimum Gasteiger partial charge on any atom is -0.497 e. The van der Waals surface area contributed by atoms with Gasteiger partial charge in [0.2, 0.25) is 5.91 Å². The number of primary amides is 1. The lowest BCUT2D eigenvalue weighted by Crippen LogP contribution is -2.24. The van der Waals surface area contributed by atoms with Crippen molar-refractivity contribution < 1.29 is 14.3 Å². The second-order valence-corrected chi connectivity index (χ2v) is 5.57. The number of aromatic nitrogens is 3. The fourth-order valence-electron chi connectivity index (χ4n) is 1.76. The summed E-state index contributed by atoms with van der Waals surface area (Å²) >= 11 is 1.20. The first-order valence-electron chi connectivity index (χ1n) is 6.73. The van der Waals surface area contributed by atoms with Gasteiger partial charge in [-0.05, 0) is 24.3 Å². The summed E-state index contributed by atoms with van der Waals surface area (Å²) in [7, 11) is 3.33. The van der Waals surface area contributed by atoms with Crippen molar-refractivity contribution in [3.63, 3.8) is 0 Å². The predicted molar refractivity (Wildman–Crippen MR) is 85.1 cm³/mol. The van der Waals surface area contributed by atoms with Gasteiger partial charge in [-0.3, -0.25) is 9.59 Å². The van der Waals surface area contributed by atoms with E-state index >= 15 is 0 Å². The molecule has 0 fully saturated rings. The molecular formula is C14H17N5O3S. The molecule has 0 bridgehead atoms. The minimum absolute atomic E-state index is 0.129. The Morgan fingerprint density at radius 1 is 1.30 bits per heavy atom. The van der Waals surface area contributed by atoms with Crippen LogP contribution in [-0.2, 0) is 18.4 Å². The third-order valence-electron chi connectivity index (χ3n) is 3.03. The normalized spacial score (nSPS) is 10.3. The van der Waals surface area contributed by atoms with Gasteiger partial charge >= 0.3 is 0 Å². The van der Waals surface area contributed by atoms with Gasteiger partial charge in [0.25, 0.3) is 5.91 Å². The Morgan fingerprint density at radius 3 is 2.61 bits per heavy atom. The van der Waals surface area contributed by atoms with Gasteiger partial charge in [-0.2, -0.15) is 0 Å². The summed E-state index contributed by atoms with van der Waals surface area (Å²) in [5, 5.41) is 11.3. The van der Waals surface area contributed by atoms with Crippen LogP contribution in [0.25, 0.3) is 0 Å². The highest BCUT2D eigenvalue weighted by atomic mass is 32.2. The fraction of sp³-hybridized carbons (Fsp3) is 0.286. The zero-order chi connectivity index (χ0) is 16.8. The highest BCUT2D eigenvalue weighted by Gasteiger charge is 2.12. The van der Waals surface area contributed by atoms with Crippen molar-refractivity contribution >= 4 is 23.6 Å². The van der Waals surface area contributed by atoms with Crippen LogP contribution in [0.4, 0.5) is 0 Å². The van der Waals surface area contributed by atoms with Crippen LogP contribution in [0, 0.1) is 0 Å². The Morgan fingerprint density at radius 2 is 2.00 bits per heavy atom. The van der Waals surface area contributed by atoms with Crippen molar-refractivity contribution in [2.45, 2.75) is 11.7 Å². The molecule has 0 aliphatic rings. The maximum Gasteiger partial charge on any atom is 0.251 e. The second-order valence-electron chi connectivity index (χ2n) is 4.62. The second kappa shape index (κ2) is 7.63. The van der Waals surface area contributed by atoms with Gasteiger partial charge in [0.1, 0.15) is 5.75 Å². The summed E-state index contributed by atoms with van der Waals surface area (Å²) < 4.78 is 6.76. The summed E-state index contributed by atoms with van der Waals surface area (Å²) in [6.07, 6.45) is 0. The third kappa shape index (κ3) is 4.46. The van der Waals surface area contributed by atoms with Crippen LogP contribution in [0.5, 0.6) is 5.75 Å². The maximum atomic E-state index is 12.1. The van der Waals surface area contributed by atoms with E-state index in [4.69, 9.17) is 10.5 Å². The van der Waals surface area contributed by atoms with Crippen molar-refractivity contribution in [2.75, 3.05) is 12.9 Å². The number of hydrogen-bond donors (Lipinski definition) is 2. The zero-order valence-electron chi connectivity index (χ0n) is 12.8. The molecule has 122 valence electrons. The monoisotopic (exact) mass is 335 g/mol. The van der Waals surface area contributed by atoms with Gasteiger partial charge in [-0.25, -0.2) is 0 Å². The average molecular weight is 335 g/mol. The highest BCUT2D eigenvalue weighted by molar-refractivity contribution is 7.99. The Labute approximate surface area is 137 Å². The lowest BCUT2D eigenvalue weighted by molar-refractivity contribution is -0.115. The largest absolute Gasteiger partial charge is 0.497 e. The highest BCUT2D eigenvalue weighted by Crippen LogP contribution is 2.15. The van der Waals surface area contributed by atoms with Crippen LogP contribution in [0.15, 0.2) is 29.4 Å². The molecule has 8 nitrogen and oxygen atoms in total. The van der Waals surface area contributed by atoms with Crippen LogP contribution < -0.4 is 15.8 Å². The minimum atomic E-state index is -0.424. The van der Waals surface area contributed by atoms with Crippen molar-refractivity contribution in [2.24, 2.45) is 12.8 Å². The van der Waals surface area contributed by atoms with Crippen LogP contribution in [0.3, 0.4) is 0 Å². The number of nitrogens with zero attached hydrogens (tertiary/aromatic N) is 3. The summed E-state index contributed by atoms with van der Waals surface area (Å²) in [5.41, 5.74) is 5.62. The molecular weight excluding hydrogens is 318 g/mol. The Kier molecular flexibility index (Phi) is 5.58. The van der Waals surface area contributed by atoms with E-state index in [2.05, 4.69) is 15.5 Å². The molecule has 0 spiro atoms. The van der Waals surface area contributed by atoms with Crippen LogP contribution in [0.2, 0.25) is 0 Å². The van der Waals surface area contributed by atoms with E-state index in [9.17, 15) is 9.59 Å². The van der Waals surface area contributed by atoms with E-state index in [0.29, 0.717) is 22.3 Å². The number of methoxy groups -OCH3 is 1. The Bertz CT molecular complexity index is 699. The number of hydrogen-bond acceptors (Lipinski definition) is 6. The van der Waals surface area contributed by atoms with Crippen LogP contribution in [-0.4, -0.2) is 39.4 Å². The first kappa shape index (κ1) is 16.8. The quantitative estimate of drug-likeness (QED) is 0.705. The van der Waals surface area contributed by atoms with Crippen LogP contribution in [0.1, 0.15) is 16.2 Å². The van der Waals surface area contributed by atoms with Gasteiger partial charge in [-0.1, -0.05) is 11.8 Å². The number of thioether (sulfide) groups is 1. The molecule has 2 amide bonds. The van der Waals surface area contributed by atoms with E-state index in [1.54, 1.807) is 43.0 Å². The van der Waals surface area contributed by atoms with Gasteiger partial charge in [0.15, 0.2) is 11.0 Å². The number of nitrogens with one attached hydrogen (secondary N) is 1. The van der Waals surface area contributed by atoms with Gasteiger partial charge < -0.3 is 20.4 Å². The molecule has 23 heavy (non-hydrogen) atoms. The van der Waals surface area contributed by atoms with E-state index in [1.165, 1.54) is 11.8 Å². The first-order chi connectivity index (χ1) is 11.0. The fourth-order valence-corrected chi connectivity index (χ4v) is 2.43. The molecule has 0 saturated carbocycles. The standard InChI is InChI=1S/C14H17N5O3S/c1-19-12(17-18-14(19)23-8-11(15)20)7-16-13(21)9-3-5-10(22-2)6-4-9/h3-6H,7-8H2,1-2H3,(H2,15,20)(H,16,21). The van der Waals surface area contributed by atoms with Gasteiger partial charge in [0, 0.05) is 12.6 Å². The summed E-state index contributed by atoms with van der Waals surface area (Å²) in [4.78, 5) is 22.9. The first-order valence-corrected chi connectivity index (χ1v) is 7.71. The average Bonchev–Trinajstić information content (AvgIpc) is 2.91. The molecule has 3 N–H and O–H groups in total. The lowest BCUT2D eigenvalue weighted by atomic mass is 10.2.